The van der Waals surface area contributed by atoms with Crippen molar-refractivity contribution in [3.8, 4) is 0 Å². The van der Waals surface area contributed by atoms with E-state index in [0.717, 1.165) is 17.6 Å². The van der Waals surface area contributed by atoms with E-state index in [1.807, 2.05) is 0 Å². The standard InChI is InChI=1S/C9H19NS/c1-8(2)9-3-4-10(7-9)5-6-11/h8-9,11H,3-7H2,1-2H3. The minimum Gasteiger partial charge on any atom is -0.302 e. The topological polar surface area (TPSA) is 3.24 Å². The molecular formula is C9H19NS. The molecule has 1 atom stereocenters. The molecule has 0 aromatic rings. The van der Waals surface area contributed by atoms with Crippen LogP contribution in [-0.2, 0) is 0 Å². The molecule has 0 radical (unpaired) electrons. The van der Waals surface area contributed by atoms with Crippen LogP contribution in [0.1, 0.15) is 20.3 Å². The number of thiol groups is 1. The molecule has 1 unspecified atom stereocenters. The molecule has 1 heterocycles. The fraction of sp³-hybridized carbons (Fsp3) is 1.00. The number of hydrogen-bond acceptors (Lipinski definition) is 2. The summed E-state index contributed by atoms with van der Waals surface area (Å²) in [5, 5.41) is 0. The van der Waals surface area contributed by atoms with Crippen molar-refractivity contribution < 1.29 is 0 Å². The van der Waals surface area contributed by atoms with Gasteiger partial charge >= 0.3 is 0 Å². The van der Waals surface area contributed by atoms with Gasteiger partial charge in [0.2, 0.25) is 0 Å². The highest BCUT2D eigenvalue weighted by molar-refractivity contribution is 7.80. The van der Waals surface area contributed by atoms with E-state index in [0.29, 0.717) is 0 Å². The minimum absolute atomic E-state index is 0.861. The Kier molecular flexibility index (Phi) is 3.73. The van der Waals surface area contributed by atoms with E-state index in [2.05, 4.69) is 31.4 Å². The average Bonchev–Trinajstić information content (AvgIpc) is 2.37. The van der Waals surface area contributed by atoms with E-state index in [-0.39, 0.29) is 0 Å². The quantitative estimate of drug-likeness (QED) is 0.638. The van der Waals surface area contributed by atoms with E-state index < -0.39 is 0 Å². The number of nitrogens with zero attached hydrogens (tertiary/aromatic N) is 1. The van der Waals surface area contributed by atoms with E-state index in [1.165, 1.54) is 26.1 Å². The molecule has 1 fully saturated rings. The summed E-state index contributed by atoms with van der Waals surface area (Å²) in [5.74, 6) is 2.81. The first-order chi connectivity index (χ1) is 5.24. The minimum atomic E-state index is 0.861. The van der Waals surface area contributed by atoms with Crippen LogP contribution >= 0.6 is 12.6 Å². The summed E-state index contributed by atoms with van der Waals surface area (Å²) >= 11 is 4.24. The van der Waals surface area contributed by atoms with Crippen molar-refractivity contribution in [2.45, 2.75) is 20.3 Å². The lowest BCUT2D eigenvalue weighted by molar-refractivity contribution is 0.319. The molecule has 66 valence electrons. The molecule has 0 bridgehead atoms. The smallest absolute Gasteiger partial charge is 0.00699 e. The van der Waals surface area contributed by atoms with Crippen LogP contribution in [0.3, 0.4) is 0 Å². The number of rotatable bonds is 3. The lowest BCUT2D eigenvalue weighted by Gasteiger charge is -2.16. The van der Waals surface area contributed by atoms with Crippen molar-refractivity contribution in [3.63, 3.8) is 0 Å². The molecule has 1 nitrogen and oxygen atoms in total. The van der Waals surface area contributed by atoms with Crippen LogP contribution in [0, 0.1) is 11.8 Å². The van der Waals surface area contributed by atoms with Gasteiger partial charge in [0.15, 0.2) is 0 Å². The summed E-state index contributed by atoms with van der Waals surface area (Å²) in [5.41, 5.74) is 0. The van der Waals surface area contributed by atoms with Gasteiger partial charge in [-0.25, -0.2) is 0 Å². The normalized spacial score (nSPS) is 26.7. The first-order valence-corrected chi connectivity index (χ1v) is 5.20. The second kappa shape index (κ2) is 4.36. The molecule has 2 heteroatoms. The van der Waals surface area contributed by atoms with Crippen molar-refractivity contribution in [2.75, 3.05) is 25.4 Å². The molecular weight excluding hydrogens is 154 g/mol. The summed E-state index contributed by atoms with van der Waals surface area (Å²) < 4.78 is 0. The van der Waals surface area contributed by atoms with Gasteiger partial charge in [-0.1, -0.05) is 13.8 Å². The molecule has 0 aromatic heterocycles. The summed E-state index contributed by atoms with van der Waals surface area (Å²) in [6.07, 6.45) is 1.39. The average molecular weight is 173 g/mol. The van der Waals surface area contributed by atoms with Gasteiger partial charge in [0.1, 0.15) is 0 Å². The summed E-state index contributed by atoms with van der Waals surface area (Å²) in [7, 11) is 0. The maximum atomic E-state index is 4.24. The number of likely N-dealkylation sites (tertiary alicyclic amines) is 1. The summed E-state index contributed by atoms with van der Waals surface area (Å²) in [6, 6.07) is 0. The molecule has 0 aromatic carbocycles. The van der Waals surface area contributed by atoms with Crippen LogP contribution in [0.25, 0.3) is 0 Å². The van der Waals surface area contributed by atoms with Crippen molar-refractivity contribution in [3.05, 3.63) is 0 Å². The second-order valence-electron chi connectivity index (χ2n) is 3.82. The largest absolute Gasteiger partial charge is 0.302 e. The van der Waals surface area contributed by atoms with Gasteiger partial charge < -0.3 is 4.90 Å². The van der Waals surface area contributed by atoms with Gasteiger partial charge in [-0.3, -0.25) is 0 Å². The third-order valence-electron chi connectivity index (χ3n) is 2.67. The lowest BCUT2D eigenvalue weighted by Crippen LogP contribution is -2.23. The predicted octanol–water partition coefficient (Wildman–Crippen LogP) is 1.89. The molecule has 0 N–H and O–H groups in total. The van der Waals surface area contributed by atoms with Gasteiger partial charge in [-0.05, 0) is 24.8 Å². The van der Waals surface area contributed by atoms with Crippen LogP contribution in [0.5, 0.6) is 0 Å². The van der Waals surface area contributed by atoms with Crippen LogP contribution in [0.2, 0.25) is 0 Å². The third-order valence-corrected chi connectivity index (χ3v) is 2.87. The first kappa shape index (κ1) is 9.40. The first-order valence-electron chi connectivity index (χ1n) is 4.57. The zero-order valence-electron chi connectivity index (χ0n) is 7.58. The zero-order chi connectivity index (χ0) is 8.27. The predicted molar refractivity (Wildman–Crippen MR) is 53.2 cm³/mol. The second-order valence-corrected chi connectivity index (χ2v) is 4.26. The van der Waals surface area contributed by atoms with Crippen molar-refractivity contribution in [1.29, 1.82) is 0 Å². The Hall–Kier alpha value is 0.310. The van der Waals surface area contributed by atoms with E-state index in [1.54, 1.807) is 0 Å². The zero-order valence-corrected chi connectivity index (χ0v) is 8.48. The van der Waals surface area contributed by atoms with Gasteiger partial charge in [-0.15, -0.1) is 0 Å². The van der Waals surface area contributed by atoms with E-state index in [4.69, 9.17) is 0 Å². The van der Waals surface area contributed by atoms with Crippen molar-refractivity contribution >= 4 is 12.6 Å². The molecule has 1 rings (SSSR count). The van der Waals surface area contributed by atoms with E-state index in [9.17, 15) is 0 Å². The highest BCUT2D eigenvalue weighted by Crippen LogP contribution is 2.22. The Labute approximate surface area is 75.6 Å². The SMILES string of the molecule is CC(C)C1CCN(CCS)C1. The fourth-order valence-electron chi connectivity index (χ4n) is 1.75. The Morgan fingerprint density at radius 2 is 2.27 bits per heavy atom. The van der Waals surface area contributed by atoms with Gasteiger partial charge in [0.05, 0.1) is 0 Å². The molecule has 0 amide bonds. The van der Waals surface area contributed by atoms with Crippen LogP contribution in [0.4, 0.5) is 0 Å². The van der Waals surface area contributed by atoms with Crippen LogP contribution < -0.4 is 0 Å². The molecule has 1 saturated heterocycles. The Morgan fingerprint density at radius 1 is 1.55 bits per heavy atom. The lowest BCUT2D eigenvalue weighted by atomic mass is 9.95. The summed E-state index contributed by atoms with van der Waals surface area (Å²) in [6.45, 7) is 8.43. The third kappa shape index (κ3) is 2.68. The van der Waals surface area contributed by atoms with Gasteiger partial charge in [0.25, 0.3) is 0 Å². The van der Waals surface area contributed by atoms with Crippen molar-refractivity contribution in [2.24, 2.45) is 11.8 Å². The molecule has 0 spiro atoms. The number of hydrogen-bond donors (Lipinski definition) is 1. The molecule has 1 aliphatic rings. The van der Waals surface area contributed by atoms with Gasteiger partial charge in [0, 0.05) is 18.8 Å². The summed E-state index contributed by atoms with van der Waals surface area (Å²) in [4.78, 5) is 2.53. The molecule has 0 aliphatic carbocycles. The molecule has 1 aliphatic heterocycles. The maximum Gasteiger partial charge on any atom is 0.00699 e. The highest BCUT2D eigenvalue weighted by Gasteiger charge is 2.23. The van der Waals surface area contributed by atoms with E-state index >= 15 is 0 Å². The Balaban J connectivity index is 2.23. The molecule has 11 heavy (non-hydrogen) atoms. The highest BCUT2D eigenvalue weighted by atomic mass is 32.1. The monoisotopic (exact) mass is 173 g/mol. The van der Waals surface area contributed by atoms with Crippen molar-refractivity contribution in [1.82, 2.24) is 4.90 Å². The Bertz CT molecular complexity index is 114. The Morgan fingerprint density at radius 3 is 2.73 bits per heavy atom. The fourth-order valence-corrected chi connectivity index (χ4v) is 2.03. The van der Waals surface area contributed by atoms with Crippen LogP contribution in [-0.4, -0.2) is 30.3 Å². The van der Waals surface area contributed by atoms with Crippen LogP contribution in [0.15, 0.2) is 0 Å². The maximum absolute atomic E-state index is 4.24. The molecule has 0 saturated carbocycles. The van der Waals surface area contributed by atoms with Gasteiger partial charge in [-0.2, -0.15) is 12.6 Å².